The Hall–Kier alpha value is -1.36. The van der Waals surface area contributed by atoms with Crippen molar-refractivity contribution in [2.45, 2.75) is 31.4 Å². The van der Waals surface area contributed by atoms with Crippen LogP contribution in [0.5, 0.6) is 0 Å². The van der Waals surface area contributed by atoms with Crippen LogP contribution in [-0.4, -0.2) is 28.6 Å². The van der Waals surface area contributed by atoms with Gasteiger partial charge in [-0.15, -0.1) is 0 Å². The Morgan fingerprint density at radius 1 is 1.42 bits per heavy atom. The van der Waals surface area contributed by atoms with E-state index < -0.39 is 5.97 Å². The molecule has 0 aliphatic rings. The summed E-state index contributed by atoms with van der Waals surface area (Å²) in [5.74, 6) is -0.961. The molecule has 106 valence electrons. The zero-order chi connectivity index (χ0) is 14.5. The van der Waals surface area contributed by atoms with Gasteiger partial charge in [-0.1, -0.05) is 19.9 Å². The number of carboxylic acids is 1. The van der Waals surface area contributed by atoms with Gasteiger partial charge < -0.3 is 16.2 Å². The SMILES string of the molecule is CCC(CC)(CNc1c(N)cccc1C(=O)O)SC. The van der Waals surface area contributed by atoms with Crippen LogP contribution in [0.1, 0.15) is 37.0 Å². The van der Waals surface area contributed by atoms with Gasteiger partial charge in [0, 0.05) is 11.3 Å². The Kier molecular flexibility index (Phi) is 5.54. The lowest BCUT2D eigenvalue weighted by Gasteiger charge is -2.30. The van der Waals surface area contributed by atoms with Gasteiger partial charge in [0.05, 0.1) is 16.9 Å². The van der Waals surface area contributed by atoms with Crippen LogP contribution in [0.3, 0.4) is 0 Å². The molecule has 0 amide bonds. The number of hydrogen-bond acceptors (Lipinski definition) is 4. The molecule has 1 aromatic rings. The summed E-state index contributed by atoms with van der Waals surface area (Å²) in [5.41, 5.74) is 7.10. The highest BCUT2D eigenvalue weighted by molar-refractivity contribution is 8.00. The monoisotopic (exact) mass is 282 g/mol. The number of nitrogens with two attached hydrogens (primary N) is 1. The molecule has 4 nitrogen and oxygen atoms in total. The van der Waals surface area contributed by atoms with Gasteiger partial charge in [-0.2, -0.15) is 11.8 Å². The quantitative estimate of drug-likeness (QED) is 0.669. The molecule has 0 aromatic heterocycles. The number of rotatable bonds is 7. The van der Waals surface area contributed by atoms with Gasteiger partial charge in [0.2, 0.25) is 0 Å². The molecule has 0 atom stereocenters. The average molecular weight is 282 g/mol. The van der Waals surface area contributed by atoms with Crippen LogP contribution in [0.25, 0.3) is 0 Å². The second kappa shape index (κ2) is 6.70. The molecule has 4 N–H and O–H groups in total. The van der Waals surface area contributed by atoms with Crippen molar-refractivity contribution >= 4 is 29.1 Å². The first-order chi connectivity index (χ1) is 8.99. The minimum absolute atomic E-state index is 0.109. The summed E-state index contributed by atoms with van der Waals surface area (Å²) in [7, 11) is 0. The Balaban J connectivity index is 2.97. The van der Waals surface area contributed by atoms with Gasteiger partial charge in [0.1, 0.15) is 0 Å². The normalized spacial score (nSPS) is 11.3. The lowest BCUT2D eigenvalue weighted by atomic mass is 10.0. The first-order valence-electron chi connectivity index (χ1n) is 6.40. The summed E-state index contributed by atoms with van der Waals surface area (Å²) in [4.78, 5) is 11.2. The first-order valence-corrected chi connectivity index (χ1v) is 7.63. The summed E-state index contributed by atoms with van der Waals surface area (Å²) in [6.07, 6.45) is 4.13. The molecule has 0 unspecified atom stereocenters. The zero-order valence-corrected chi connectivity index (χ0v) is 12.5. The number of para-hydroxylation sites is 1. The number of benzene rings is 1. The van der Waals surface area contributed by atoms with Gasteiger partial charge in [0.25, 0.3) is 0 Å². The van der Waals surface area contributed by atoms with Crippen molar-refractivity contribution in [1.29, 1.82) is 0 Å². The van der Waals surface area contributed by atoms with E-state index in [2.05, 4.69) is 25.4 Å². The van der Waals surface area contributed by atoms with Crippen molar-refractivity contribution in [1.82, 2.24) is 0 Å². The van der Waals surface area contributed by atoms with E-state index in [9.17, 15) is 9.90 Å². The minimum Gasteiger partial charge on any atom is -0.478 e. The summed E-state index contributed by atoms with van der Waals surface area (Å²) in [5, 5.41) is 12.4. The molecule has 1 rings (SSSR count). The molecule has 0 radical (unpaired) electrons. The molecule has 19 heavy (non-hydrogen) atoms. The van der Waals surface area contributed by atoms with Crippen LogP contribution >= 0.6 is 11.8 Å². The van der Waals surface area contributed by atoms with Crippen molar-refractivity contribution in [3.63, 3.8) is 0 Å². The Morgan fingerprint density at radius 2 is 2.05 bits per heavy atom. The van der Waals surface area contributed by atoms with Gasteiger partial charge in [-0.05, 0) is 31.2 Å². The summed E-state index contributed by atoms with van der Waals surface area (Å²) in [6.45, 7) is 5.00. The number of thioether (sulfide) groups is 1. The highest BCUT2D eigenvalue weighted by atomic mass is 32.2. The number of nitrogens with one attached hydrogen (secondary N) is 1. The van der Waals surface area contributed by atoms with Crippen LogP contribution in [0.4, 0.5) is 11.4 Å². The van der Waals surface area contributed by atoms with Crippen LogP contribution < -0.4 is 11.1 Å². The average Bonchev–Trinajstić information content (AvgIpc) is 2.42. The van der Waals surface area contributed by atoms with E-state index in [1.807, 2.05) is 0 Å². The number of carboxylic acid groups (broad SMARTS) is 1. The van der Waals surface area contributed by atoms with Crippen molar-refractivity contribution in [2.24, 2.45) is 0 Å². The maximum Gasteiger partial charge on any atom is 0.337 e. The van der Waals surface area contributed by atoms with E-state index in [4.69, 9.17) is 5.73 Å². The maximum absolute atomic E-state index is 11.2. The highest BCUT2D eigenvalue weighted by Crippen LogP contribution is 2.32. The van der Waals surface area contributed by atoms with Crippen molar-refractivity contribution in [3.05, 3.63) is 23.8 Å². The molecular weight excluding hydrogens is 260 g/mol. The van der Waals surface area contributed by atoms with Crippen molar-refractivity contribution in [2.75, 3.05) is 23.9 Å². The van der Waals surface area contributed by atoms with Gasteiger partial charge in [-0.25, -0.2) is 4.79 Å². The molecule has 0 bridgehead atoms. The van der Waals surface area contributed by atoms with Crippen LogP contribution in [0.2, 0.25) is 0 Å². The lowest BCUT2D eigenvalue weighted by Crippen LogP contribution is -2.32. The van der Waals surface area contributed by atoms with Crippen LogP contribution in [0.15, 0.2) is 18.2 Å². The Morgan fingerprint density at radius 3 is 2.53 bits per heavy atom. The molecule has 0 saturated heterocycles. The fourth-order valence-corrected chi connectivity index (χ4v) is 2.85. The topological polar surface area (TPSA) is 75.3 Å². The molecule has 1 aromatic carbocycles. The second-order valence-corrected chi connectivity index (χ2v) is 5.80. The number of anilines is 2. The number of carbonyl (C=O) groups is 1. The molecule has 0 heterocycles. The van der Waals surface area contributed by atoms with E-state index in [1.165, 1.54) is 0 Å². The predicted octanol–water partition coefficient (Wildman–Crippen LogP) is 3.30. The molecule has 5 heteroatoms. The second-order valence-electron chi connectivity index (χ2n) is 4.52. The Labute approximate surface area is 118 Å². The largest absolute Gasteiger partial charge is 0.478 e. The third-order valence-electron chi connectivity index (χ3n) is 3.64. The van der Waals surface area contributed by atoms with E-state index in [-0.39, 0.29) is 10.3 Å². The summed E-state index contributed by atoms with van der Waals surface area (Å²) >= 11 is 1.81. The summed E-state index contributed by atoms with van der Waals surface area (Å²) < 4.78 is 0.109. The van der Waals surface area contributed by atoms with E-state index in [1.54, 1.807) is 30.0 Å². The molecular formula is C14H22N2O2S. The number of hydrogen-bond donors (Lipinski definition) is 3. The third kappa shape index (κ3) is 3.56. The zero-order valence-electron chi connectivity index (χ0n) is 11.7. The molecule has 0 aliphatic carbocycles. The van der Waals surface area contributed by atoms with Crippen molar-refractivity contribution < 1.29 is 9.90 Å². The summed E-state index contributed by atoms with van der Waals surface area (Å²) in [6, 6.07) is 4.94. The molecule has 0 fully saturated rings. The van der Waals surface area contributed by atoms with Crippen LogP contribution in [0, 0.1) is 0 Å². The minimum atomic E-state index is -0.961. The highest BCUT2D eigenvalue weighted by Gasteiger charge is 2.25. The van der Waals surface area contributed by atoms with E-state index >= 15 is 0 Å². The van der Waals surface area contributed by atoms with Gasteiger partial charge in [-0.3, -0.25) is 0 Å². The lowest BCUT2D eigenvalue weighted by molar-refractivity contribution is 0.0698. The fraction of sp³-hybridized carbons (Fsp3) is 0.500. The Bertz CT molecular complexity index is 437. The maximum atomic E-state index is 11.2. The number of nitrogen functional groups attached to an aromatic ring is 1. The fourth-order valence-electron chi connectivity index (χ4n) is 2.06. The van der Waals surface area contributed by atoms with E-state index in [0.29, 0.717) is 17.9 Å². The first kappa shape index (κ1) is 15.7. The molecule has 0 aliphatic heterocycles. The van der Waals surface area contributed by atoms with Crippen molar-refractivity contribution in [3.8, 4) is 0 Å². The smallest absolute Gasteiger partial charge is 0.337 e. The van der Waals surface area contributed by atoms with E-state index in [0.717, 1.165) is 12.8 Å². The standard InChI is InChI=1S/C14H22N2O2S/c1-4-14(5-2,19-3)9-16-12-10(13(17)18)7-6-8-11(12)15/h6-8,16H,4-5,9,15H2,1-3H3,(H,17,18). The molecule has 0 spiro atoms. The number of aromatic carboxylic acids is 1. The molecule has 0 saturated carbocycles. The van der Waals surface area contributed by atoms with Crippen LogP contribution in [-0.2, 0) is 0 Å². The van der Waals surface area contributed by atoms with Gasteiger partial charge in [0.15, 0.2) is 0 Å². The van der Waals surface area contributed by atoms with Gasteiger partial charge >= 0.3 is 5.97 Å². The predicted molar refractivity (Wildman–Crippen MR) is 83.1 cm³/mol. The third-order valence-corrected chi connectivity index (χ3v) is 5.22.